The first-order valence-corrected chi connectivity index (χ1v) is 8.15. The molecule has 0 amide bonds. The lowest BCUT2D eigenvalue weighted by Gasteiger charge is -2.04. The van der Waals surface area contributed by atoms with Crippen molar-refractivity contribution in [2.24, 2.45) is 0 Å². The first kappa shape index (κ1) is 15.0. The van der Waals surface area contributed by atoms with Crippen LogP contribution in [0.5, 0.6) is 0 Å². The fourth-order valence-electron chi connectivity index (χ4n) is 3.04. The number of hydrogen-bond acceptors (Lipinski definition) is 5. The van der Waals surface area contributed by atoms with Gasteiger partial charge in [-0.15, -0.1) is 0 Å². The predicted molar refractivity (Wildman–Crippen MR) is 98.4 cm³/mol. The third kappa shape index (κ3) is 2.30. The number of H-pyrrole nitrogens is 1. The molecule has 5 aromatic rings. The summed E-state index contributed by atoms with van der Waals surface area (Å²) in [4.78, 5) is 28.6. The van der Waals surface area contributed by atoms with Crippen molar-refractivity contribution in [3.05, 3.63) is 77.1 Å². The summed E-state index contributed by atoms with van der Waals surface area (Å²) in [5, 5.41) is 8.96. The van der Waals surface area contributed by atoms with Gasteiger partial charge in [0.05, 0.1) is 29.7 Å². The monoisotopic (exact) mass is 353 g/mol. The van der Waals surface area contributed by atoms with E-state index in [1.54, 1.807) is 36.7 Å². The highest BCUT2D eigenvalue weighted by Crippen LogP contribution is 2.20. The van der Waals surface area contributed by atoms with Crippen LogP contribution in [0, 0.1) is 11.3 Å². The van der Waals surface area contributed by atoms with Crippen LogP contribution in [0.3, 0.4) is 0 Å². The quantitative estimate of drug-likeness (QED) is 0.524. The summed E-state index contributed by atoms with van der Waals surface area (Å²) < 4.78 is 3.35. The molecule has 0 saturated heterocycles. The van der Waals surface area contributed by atoms with E-state index in [2.05, 4.69) is 26.0 Å². The van der Waals surface area contributed by atoms with Gasteiger partial charge in [0.1, 0.15) is 16.9 Å². The number of nitriles is 1. The molecule has 0 aliphatic carbocycles. The molecule has 8 nitrogen and oxygen atoms in total. The van der Waals surface area contributed by atoms with Gasteiger partial charge in [0.2, 0.25) is 0 Å². The fourth-order valence-corrected chi connectivity index (χ4v) is 3.04. The zero-order valence-electron chi connectivity index (χ0n) is 13.9. The van der Waals surface area contributed by atoms with E-state index in [9.17, 15) is 4.79 Å². The van der Waals surface area contributed by atoms with Crippen molar-refractivity contribution in [2.75, 3.05) is 0 Å². The molecule has 27 heavy (non-hydrogen) atoms. The van der Waals surface area contributed by atoms with Crippen LogP contribution in [-0.2, 0) is 0 Å². The Morgan fingerprint density at radius 3 is 2.70 bits per heavy atom. The van der Waals surface area contributed by atoms with Gasteiger partial charge in [0.25, 0.3) is 0 Å². The molecule has 8 heteroatoms. The average molecular weight is 353 g/mol. The largest absolute Gasteiger partial charge is 0.332 e. The van der Waals surface area contributed by atoms with E-state index >= 15 is 0 Å². The van der Waals surface area contributed by atoms with Crippen LogP contribution < -0.4 is 5.69 Å². The summed E-state index contributed by atoms with van der Waals surface area (Å²) in [5.74, 6) is 0.461. The molecular formula is C19H11N7O. The fraction of sp³-hybridized carbons (Fsp3) is 0. The minimum Gasteiger partial charge on any atom is -0.303 e. The lowest BCUT2D eigenvalue weighted by atomic mass is 10.2. The van der Waals surface area contributed by atoms with Gasteiger partial charge in [0.15, 0.2) is 11.5 Å². The highest BCUT2D eigenvalue weighted by Gasteiger charge is 2.14. The molecule has 0 saturated carbocycles. The maximum Gasteiger partial charge on any atom is 0.332 e. The zero-order valence-corrected chi connectivity index (χ0v) is 13.9. The smallest absolute Gasteiger partial charge is 0.303 e. The molecule has 128 valence electrons. The van der Waals surface area contributed by atoms with Gasteiger partial charge in [-0.05, 0) is 36.4 Å². The predicted octanol–water partition coefficient (Wildman–Crippen LogP) is 2.30. The molecular weight excluding hydrogens is 342 g/mol. The van der Waals surface area contributed by atoms with Gasteiger partial charge in [-0.3, -0.25) is 4.40 Å². The van der Waals surface area contributed by atoms with E-state index in [-0.39, 0.29) is 5.69 Å². The first-order chi connectivity index (χ1) is 13.2. The Morgan fingerprint density at radius 2 is 1.89 bits per heavy atom. The van der Waals surface area contributed by atoms with Crippen molar-refractivity contribution in [1.29, 1.82) is 5.26 Å². The number of hydrogen-bond donors (Lipinski definition) is 1. The Hall–Kier alpha value is -4.25. The van der Waals surface area contributed by atoms with Gasteiger partial charge in [-0.1, -0.05) is 6.07 Å². The van der Waals surface area contributed by atoms with Crippen molar-refractivity contribution in [2.45, 2.75) is 0 Å². The van der Waals surface area contributed by atoms with Crippen LogP contribution in [0.2, 0.25) is 0 Å². The lowest BCUT2D eigenvalue weighted by molar-refractivity contribution is 0.996. The van der Waals surface area contributed by atoms with Crippen molar-refractivity contribution in [3.63, 3.8) is 0 Å². The van der Waals surface area contributed by atoms with E-state index in [0.29, 0.717) is 28.2 Å². The van der Waals surface area contributed by atoms with Gasteiger partial charge < -0.3 is 4.98 Å². The maximum atomic E-state index is 12.5. The first-order valence-electron chi connectivity index (χ1n) is 8.15. The van der Waals surface area contributed by atoms with E-state index < -0.39 is 0 Å². The zero-order chi connectivity index (χ0) is 18.4. The van der Waals surface area contributed by atoms with Crippen LogP contribution >= 0.6 is 0 Å². The Bertz CT molecular complexity index is 1400. The van der Waals surface area contributed by atoms with Crippen molar-refractivity contribution in [1.82, 2.24) is 28.9 Å². The summed E-state index contributed by atoms with van der Waals surface area (Å²) in [6.07, 6.45) is 5.17. The minimum absolute atomic E-state index is 0.320. The molecule has 4 aromatic heterocycles. The molecule has 0 fully saturated rings. The van der Waals surface area contributed by atoms with Crippen LogP contribution in [-0.4, -0.2) is 28.9 Å². The van der Waals surface area contributed by atoms with E-state index in [1.165, 1.54) is 4.57 Å². The molecule has 5 rings (SSSR count). The molecule has 4 heterocycles. The second kappa shape index (κ2) is 5.64. The molecule has 0 spiro atoms. The Morgan fingerprint density at radius 1 is 1.04 bits per heavy atom. The third-order valence-corrected chi connectivity index (χ3v) is 4.33. The highest BCUT2D eigenvalue weighted by molar-refractivity contribution is 5.74. The minimum atomic E-state index is -0.320. The molecule has 1 aromatic carbocycles. The maximum absolute atomic E-state index is 12.5. The summed E-state index contributed by atoms with van der Waals surface area (Å²) in [6.45, 7) is 0. The van der Waals surface area contributed by atoms with Crippen LogP contribution in [0.1, 0.15) is 5.56 Å². The molecule has 0 unspecified atom stereocenters. The molecule has 0 atom stereocenters. The molecule has 0 aliphatic rings. The number of aromatic nitrogens is 6. The SMILES string of the molecule is N#Cc1ccc(-n2c(=O)[nH]c3cnc(-c4cnc5ccccn45)nc32)cc1. The van der Waals surface area contributed by atoms with Crippen molar-refractivity contribution >= 4 is 16.8 Å². The normalized spacial score (nSPS) is 11.1. The molecule has 0 radical (unpaired) electrons. The summed E-state index contributed by atoms with van der Waals surface area (Å²) in [6, 6.07) is 14.5. The number of pyridine rings is 1. The average Bonchev–Trinajstić information content (AvgIpc) is 3.28. The van der Waals surface area contributed by atoms with Crippen LogP contribution in [0.4, 0.5) is 0 Å². The van der Waals surface area contributed by atoms with Gasteiger partial charge in [-0.2, -0.15) is 5.26 Å². The molecule has 1 N–H and O–H groups in total. The second-order valence-electron chi connectivity index (χ2n) is 5.93. The topological polar surface area (TPSA) is 105 Å². The number of fused-ring (bicyclic) bond motifs is 2. The number of nitrogens with zero attached hydrogens (tertiary/aromatic N) is 6. The molecule has 0 aliphatic heterocycles. The highest BCUT2D eigenvalue weighted by atomic mass is 16.1. The number of rotatable bonds is 2. The van der Waals surface area contributed by atoms with Gasteiger partial charge in [-0.25, -0.2) is 24.3 Å². The van der Waals surface area contributed by atoms with Gasteiger partial charge >= 0.3 is 5.69 Å². The number of aromatic amines is 1. The Kier molecular flexibility index (Phi) is 3.14. The Balaban J connectivity index is 1.73. The van der Waals surface area contributed by atoms with Crippen LogP contribution in [0.15, 0.2) is 65.8 Å². The number of nitrogens with one attached hydrogen (secondary N) is 1. The summed E-state index contributed by atoms with van der Waals surface area (Å²) in [7, 11) is 0. The van der Waals surface area contributed by atoms with Crippen LogP contribution in [0.25, 0.3) is 34.0 Å². The Labute approximate surface area is 152 Å². The van der Waals surface area contributed by atoms with E-state index in [0.717, 1.165) is 11.3 Å². The summed E-state index contributed by atoms with van der Waals surface area (Å²) >= 11 is 0. The van der Waals surface area contributed by atoms with E-state index in [4.69, 9.17) is 5.26 Å². The molecule has 0 bridgehead atoms. The number of imidazole rings is 2. The van der Waals surface area contributed by atoms with Crippen molar-refractivity contribution < 1.29 is 0 Å². The lowest BCUT2D eigenvalue weighted by Crippen LogP contribution is -2.15. The van der Waals surface area contributed by atoms with Gasteiger partial charge in [0, 0.05) is 6.20 Å². The third-order valence-electron chi connectivity index (χ3n) is 4.33. The summed E-state index contributed by atoms with van der Waals surface area (Å²) in [5.41, 5.74) is 3.32. The van der Waals surface area contributed by atoms with Crippen molar-refractivity contribution in [3.8, 4) is 23.3 Å². The van der Waals surface area contributed by atoms with E-state index in [1.807, 2.05) is 28.8 Å². The second-order valence-corrected chi connectivity index (χ2v) is 5.93. The standard InChI is InChI=1S/C19H11N7O/c20-9-12-4-6-13(7-5-12)26-18-14(23-19(26)27)10-22-17(24-18)15-11-21-16-3-1-2-8-25(15)16/h1-8,10-11H,(H,23,27). The number of benzene rings is 1.